The zero-order chi connectivity index (χ0) is 13.4. The van der Waals surface area contributed by atoms with Gasteiger partial charge in [0.05, 0.1) is 0 Å². The van der Waals surface area contributed by atoms with Crippen molar-refractivity contribution in [3.8, 4) is 11.4 Å². The maximum atomic E-state index is 5.98. The van der Waals surface area contributed by atoms with Crippen molar-refractivity contribution < 1.29 is 0 Å². The highest BCUT2D eigenvalue weighted by atomic mass is 35.5. The first-order valence-electron chi connectivity index (χ1n) is 6.01. The van der Waals surface area contributed by atoms with Crippen LogP contribution in [0.1, 0.15) is 6.42 Å². The standard InChI is InChI=1S/C12H13Cl2N5/c13-8-3-7(4-9(14)5-8)11-16-12(18-17-11)19-2-1-10(15)6-19/h3-5,10H,1-2,6,15H2,(H,16,17,18). The van der Waals surface area contributed by atoms with Gasteiger partial charge in [0.15, 0.2) is 5.82 Å². The van der Waals surface area contributed by atoms with Crippen molar-refractivity contribution in [2.75, 3.05) is 18.0 Å². The SMILES string of the molecule is NC1CCN(c2n[nH]c(-c3cc(Cl)cc(Cl)c3)n2)C1. The first-order valence-corrected chi connectivity index (χ1v) is 6.77. The fraction of sp³-hybridized carbons (Fsp3) is 0.333. The number of nitrogens with one attached hydrogen (secondary N) is 1. The van der Waals surface area contributed by atoms with Gasteiger partial charge in [-0.25, -0.2) is 0 Å². The van der Waals surface area contributed by atoms with E-state index in [1.54, 1.807) is 18.2 Å². The minimum absolute atomic E-state index is 0.197. The maximum Gasteiger partial charge on any atom is 0.245 e. The molecule has 1 aliphatic rings. The van der Waals surface area contributed by atoms with E-state index < -0.39 is 0 Å². The molecule has 1 fully saturated rings. The molecule has 1 unspecified atom stereocenters. The molecule has 0 bridgehead atoms. The van der Waals surface area contributed by atoms with E-state index >= 15 is 0 Å². The Kier molecular flexibility index (Phi) is 3.35. The van der Waals surface area contributed by atoms with Gasteiger partial charge in [-0.2, -0.15) is 4.98 Å². The lowest BCUT2D eigenvalue weighted by Crippen LogP contribution is -2.26. The molecular weight excluding hydrogens is 285 g/mol. The average Bonchev–Trinajstić information content (AvgIpc) is 2.95. The van der Waals surface area contributed by atoms with E-state index in [0.717, 1.165) is 25.1 Å². The summed E-state index contributed by atoms with van der Waals surface area (Å²) >= 11 is 12.0. The number of aromatic amines is 1. The number of nitrogens with two attached hydrogens (primary N) is 1. The molecule has 2 heterocycles. The zero-order valence-corrected chi connectivity index (χ0v) is 11.6. The molecule has 2 aromatic rings. The third-order valence-corrected chi connectivity index (χ3v) is 3.55. The number of hydrogen-bond acceptors (Lipinski definition) is 4. The molecule has 0 radical (unpaired) electrons. The van der Waals surface area contributed by atoms with Crippen molar-refractivity contribution in [1.82, 2.24) is 15.2 Å². The quantitative estimate of drug-likeness (QED) is 0.892. The Bertz CT molecular complexity index is 577. The second-order valence-electron chi connectivity index (χ2n) is 4.64. The van der Waals surface area contributed by atoms with Crippen LogP contribution in [-0.4, -0.2) is 34.3 Å². The number of hydrogen-bond donors (Lipinski definition) is 2. The van der Waals surface area contributed by atoms with Crippen LogP contribution in [0.15, 0.2) is 18.2 Å². The summed E-state index contributed by atoms with van der Waals surface area (Å²) in [4.78, 5) is 6.53. The third kappa shape index (κ3) is 2.68. The first-order chi connectivity index (χ1) is 9.11. The summed E-state index contributed by atoms with van der Waals surface area (Å²) in [6.45, 7) is 1.67. The summed E-state index contributed by atoms with van der Waals surface area (Å²) in [6, 6.07) is 5.48. The van der Waals surface area contributed by atoms with Crippen LogP contribution in [0.3, 0.4) is 0 Å². The Balaban J connectivity index is 1.88. The molecule has 0 spiro atoms. The van der Waals surface area contributed by atoms with Gasteiger partial charge in [-0.05, 0) is 24.6 Å². The average molecular weight is 298 g/mol. The number of rotatable bonds is 2. The predicted molar refractivity (Wildman–Crippen MR) is 76.6 cm³/mol. The number of nitrogens with zero attached hydrogens (tertiary/aromatic N) is 3. The van der Waals surface area contributed by atoms with Gasteiger partial charge in [0.25, 0.3) is 0 Å². The van der Waals surface area contributed by atoms with Crippen LogP contribution >= 0.6 is 23.2 Å². The molecule has 1 aromatic carbocycles. The van der Waals surface area contributed by atoms with Crippen LogP contribution in [0.5, 0.6) is 0 Å². The highest BCUT2D eigenvalue weighted by Gasteiger charge is 2.22. The van der Waals surface area contributed by atoms with E-state index in [1.807, 2.05) is 0 Å². The molecule has 0 aliphatic carbocycles. The molecule has 5 nitrogen and oxygen atoms in total. The number of benzene rings is 1. The molecule has 3 N–H and O–H groups in total. The Morgan fingerprint density at radius 2 is 2.00 bits per heavy atom. The molecule has 3 rings (SSSR count). The van der Waals surface area contributed by atoms with Crippen molar-refractivity contribution in [3.05, 3.63) is 28.2 Å². The van der Waals surface area contributed by atoms with E-state index in [0.29, 0.717) is 21.8 Å². The van der Waals surface area contributed by atoms with Crippen molar-refractivity contribution in [2.45, 2.75) is 12.5 Å². The van der Waals surface area contributed by atoms with Crippen LogP contribution < -0.4 is 10.6 Å². The Hall–Kier alpha value is -1.30. The largest absolute Gasteiger partial charge is 0.338 e. The summed E-state index contributed by atoms with van der Waals surface area (Å²) < 4.78 is 0. The highest BCUT2D eigenvalue weighted by Crippen LogP contribution is 2.26. The Morgan fingerprint density at radius 1 is 1.26 bits per heavy atom. The van der Waals surface area contributed by atoms with Crippen molar-refractivity contribution in [1.29, 1.82) is 0 Å². The molecule has 1 saturated heterocycles. The summed E-state index contributed by atoms with van der Waals surface area (Å²) in [5, 5.41) is 8.27. The summed E-state index contributed by atoms with van der Waals surface area (Å²) in [6.07, 6.45) is 0.965. The van der Waals surface area contributed by atoms with Gasteiger partial charge in [0.2, 0.25) is 5.95 Å². The van der Waals surface area contributed by atoms with Gasteiger partial charge in [0, 0.05) is 34.7 Å². The second kappa shape index (κ2) is 5.00. The fourth-order valence-electron chi connectivity index (χ4n) is 2.18. The second-order valence-corrected chi connectivity index (χ2v) is 5.51. The van der Waals surface area contributed by atoms with Crippen molar-refractivity contribution in [2.24, 2.45) is 5.73 Å². The van der Waals surface area contributed by atoms with E-state index in [4.69, 9.17) is 28.9 Å². The van der Waals surface area contributed by atoms with E-state index in [9.17, 15) is 0 Å². The molecule has 0 saturated carbocycles. The third-order valence-electron chi connectivity index (χ3n) is 3.12. The van der Waals surface area contributed by atoms with Crippen LogP contribution in [0, 0.1) is 0 Å². The number of halogens is 2. The zero-order valence-electron chi connectivity index (χ0n) is 10.1. The topological polar surface area (TPSA) is 70.8 Å². The normalized spacial score (nSPS) is 19.1. The fourth-order valence-corrected chi connectivity index (χ4v) is 2.71. The summed E-state index contributed by atoms with van der Waals surface area (Å²) in [5.74, 6) is 1.32. The van der Waals surface area contributed by atoms with Crippen LogP contribution in [0.2, 0.25) is 10.0 Å². The smallest absolute Gasteiger partial charge is 0.245 e. The van der Waals surface area contributed by atoms with Crippen LogP contribution in [0.25, 0.3) is 11.4 Å². The van der Waals surface area contributed by atoms with Gasteiger partial charge in [-0.15, -0.1) is 5.10 Å². The molecule has 7 heteroatoms. The van der Waals surface area contributed by atoms with Gasteiger partial charge in [-0.3, -0.25) is 5.10 Å². The molecule has 100 valence electrons. The van der Waals surface area contributed by atoms with Gasteiger partial charge in [0.1, 0.15) is 0 Å². The molecule has 0 amide bonds. The predicted octanol–water partition coefficient (Wildman–Crippen LogP) is 2.32. The minimum atomic E-state index is 0.197. The lowest BCUT2D eigenvalue weighted by molar-refractivity contribution is 0.750. The van der Waals surface area contributed by atoms with Crippen molar-refractivity contribution >= 4 is 29.2 Å². The number of H-pyrrole nitrogens is 1. The molecular formula is C12H13Cl2N5. The summed E-state index contributed by atoms with van der Waals surface area (Å²) in [5.41, 5.74) is 6.70. The lowest BCUT2D eigenvalue weighted by atomic mass is 10.2. The Morgan fingerprint density at radius 3 is 2.63 bits per heavy atom. The van der Waals surface area contributed by atoms with Crippen LogP contribution in [0.4, 0.5) is 5.95 Å². The van der Waals surface area contributed by atoms with Crippen molar-refractivity contribution in [3.63, 3.8) is 0 Å². The molecule has 1 aliphatic heterocycles. The van der Waals surface area contributed by atoms with E-state index in [1.165, 1.54) is 0 Å². The van der Waals surface area contributed by atoms with Gasteiger partial charge < -0.3 is 10.6 Å². The maximum absolute atomic E-state index is 5.98. The van der Waals surface area contributed by atoms with Crippen LogP contribution in [-0.2, 0) is 0 Å². The minimum Gasteiger partial charge on any atom is -0.338 e. The monoisotopic (exact) mass is 297 g/mol. The molecule has 1 aromatic heterocycles. The number of aromatic nitrogens is 3. The molecule has 1 atom stereocenters. The van der Waals surface area contributed by atoms with Gasteiger partial charge >= 0.3 is 0 Å². The van der Waals surface area contributed by atoms with E-state index in [-0.39, 0.29) is 6.04 Å². The van der Waals surface area contributed by atoms with Gasteiger partial charge in [-0.1, -0.05) is 23.2 Å². The van der Waals surface area contributed by atoms with E-state index in [2.05, 4.69) is 20.1 Å². The molecule has 19 heavy (non-hydrogen) atoms. The first kappa shape index (κ1) is 12.7. The lowest BCUT2D eigenvalue weighted by Gasteiger charge is -2.11. The number of anilines is 1. The highest BCUT2D eigenvalue weighted by molar-refractivity contribution is 6.35. The summed E-state index contributed by atoms with van der Waals surface area (Å²) in [7, 11) is 0. The Labute approximate surface area is 120 Å².